The molecule has 1 aliphatic heterocycles. The molecule has 29 heavy (non-hydrogen) atoms. The van der Waals surface area contributed by atoms with E-state index < -0.39 is 12.2 Å². The van der Waals surface area contributed by atoms with Crippen molar-refractivity contribution < 1.29 is 14.3 Å². The van der Waals surface area contributed by atoms with Crippen molar-refractivity contribution in [3.8, 4) is 6.07 Å². The molecule has 0 bridgehead atoms. The highest BCUT2D eigenvalue weighted by atomic mass is 16.6. The van der Waals surface area contributed by atoms with E-state index in [9.17, 15) is 10.1 Å². The zero-order valence-electron chi connectivity index (χ0n) is 15.8. The fraction of sp³-hybridized carbons (Fsp3) is 0.300. The summed E-state index contributed by atoms with van der Waals surface area (Å²) in [6, 6.07) is 10.9. The number of nitrogens with zero attached hydrogens (tertiary/aromatic N) is 4. The molecule has 2 N–H and O–H groups in total. The summed E-state index contributed by atoms with van der Waals surface area (Å²) in [5.41, 5.74) is 7.34. The molecule has 1 aromatic carbocycles. The lowest BCUT2D eigenvalue weighted by molar-refractivity contribution is -0.0362. The normalized spacial score (nSPS) is 21.2. The van der Waals surface area contributed by atoms with Gasteiger partial charge < -0.3 is 19.8 Å². The van der Waals surface area contributed by atoms with Gasteiger partial charge in [0, 0.05) is 5.92 Å². The van der Waals surface area contributed by atoms with Gasteiger partial charge in [0.15, 0.2) is 0 Å². The van der Waals surface area contributed by atoms with Crippen LogP contribution in [0.1, 0.15) is 35.5 Å². The minimum absolute atomic E-state index is 0.0519. The van der Waals surface area contributed by atoms with Gasteiger partial charge >= 0.3 is 5.97 Å². The molecule has 1 aliphatic rings. The van der Waals surface area contributed by atoms with Crippen LogP contribution in [-0.2, 0) is 9.47 Å². The van der Waals surface area contributed by atoms with E-state index in [1.54, 1.807) is 28.8 Å². The molecule has 2 aromatic heterocycles. The fourth-order valence-corrected chi connectivity index (χ4v) is 3.71. The van der Waals surface area contributed by atoms with E-state index >= 15 is 0 Å². The Morgan fingerprint density at radius 1 is 1.41 bits per heavy atom. The third-order valence-corrected chi connectivity index (χ3v) is 5.08. The molecule has 9 heteroatoms. The molecule has 3 unspecified atom stereocenters. The van der Waals surface area contributed by atoms with Crippen LogP contribution in [0.25, 0.3) is 11.0 Å². The molecule has 0 amide bonds. The van der Waals surface area contributed by atoms with Crippen LogP contribution in [0.5, 0.6) is 0 Å². The standard InChI is InChI=1S/C20H18BN5O3/c1-11-7-13(9-28-20(27)12-5-3-2-4-6-12)29-19(11)26-16(21)14(8-22)15-17(23)24-10-25-18(15)26/h2-6,10-11,13,19H,7,9H2,1H3,(H2,23,24,25). The Morgan fingerprint density at radius 3 is 2.90 bits per heavy atom. The third kappa shape index (κ3) is 3.32. The predicted molar refractivity (Wildman–Crippen MR) is 106 cm³/mol. The van der Waals surface area contributed by atoms with E-state index in [-0.39, 0.29) is 35.6 Å². The van der Waals surface area contributed by atoms with Crippen molar-refractivity contribution in [2.75, 3.05) is 12.3 Å². The van der Waals surface area contributed by atoms with Gasteiger partial charge in [-0.25, -0.2) is 14.8 Å². The molecule has 4 rings (SSSR count). The molecule has 144 valence electrons. The zero-order chi connectivity index (χ0) is 20.5. The Kier molecular flexibility index (Phi) is 4.95. The minimum atomic E-state index is -0.464. The number of fused-ring (bicyclic) bond motifs is 1. The number of esters is 1. The van der Waals surface area contributed by atoms with Gasteiger partial charge in [-0.05, 0) is 24.1 Å². The fourth-order valence-electron chi connectivity index (χ4n) is 3.71. The Bertz CT molecular complexity index is 1110. The number of benzene rings is 1. The monoisotopic (exact) mass is 387 g/mol. The second-order valence-electron chi connectivity index (χ2n) is 7.03. The van der Waals surface area contributed by atoms with Crippen LogP contribution in [0.2, 0.25) is 0 Å². The third-order valence-electron chi connectivity index (χ3n) is 5.08. The van der Waals surface area contributed by atoms with Crippen LogP contribution in [0.15, 0.2) is 36.7 Å². The molecule has 0 saturated carbocycles. The van der Waals surface area contributed by atoms with Crippen molar-refractivity contribution >= 4 is 36.3 Å². The first-order valence-electron chi connectivity index (χ1n) is 9.18. The van der Waals surface area contributed by atoms with Crippen molar-refractivity contribution in [1.29, 1.82) is 5.26 Å². The Hall–Kier alpha value is -3.38. The molecule has 8 nitrogen and oxygen atoms in total. The first-order chi connectivity index (χ1) is 14.0. The number of carbonyl (C=O) groups excluding carboxylic acids is 1. The van der Waals surface area contributed by atoms with E-state index in [0.717, 1.165) is 0 Å². The van der Waals surface area contributed by atoms with Gasteiger partial charge in [-0.2, -0.15) is 5.26 Å². The lowest BCUT2D eigenvalue weighted by Gasteiger charge is -2.20. The Labute approximate surface area is 168 Å². The smallest absolute Gasteiger partial charge is 0.338 e. The van der Waals surface area contributed by atoms with Crippen LogP contribution in [0.3, 0.4) is 0 Å². The van der Waals surface area contributed by atoms with E-state index in [0.29, 0.717) is 23.0 Å². The summed E-state index contributed by atoms with van der Waals surface area (Å²) in [6.45, 7) is 2.13. The first kappa shape index (κ1) is 19.0. The van der Waals surface area contributed by atoms with Crippen molar-refractivity contribution in [2.45, 2.75) is 25.7 Å². The maximum atomic E-state index is 12.2. The quantitative estimate of drug-likeness (QED) is 0.532. The number of rotatable bonds is 4. The van der Waals surface area contributed by atoms with E-state index in [1.807, 2.05) is 13.0 Å². The summed E-state index contributed by atoms with van der Waals surface area (Å²) in [4.78, 5) is 20.4. The van der Waals surface area contributed by atoms with E-state index in [4.69, 9.17) is 23.1 Å². The van der Waals surface area contributed by atoms with Gasteiger partial charge in [0.25, 0.3) is 0 Å². The summed E-state index contributed by atoms with van der Waals surface area (Å²) in [7, 11) is 6.23. The van der Waals surface area contributed by atoms with Crippen LogP contribution in [0, 0.1) is 17.2 Å². The topological polar surface area (TPSA) is 116 Å². The summed E-state index contributed by atoms with van der Waals surface area (Å²) < 4.78 is 13.2. The van der Waals surface area contributed by atoms with Gasteiger partial charge in [0.1, 0.15) is 44.5 Å². The minimum Gasteiger partial charge on any atom is -0.459 e. The second kappa shape index (κ2) is 7.56. The molecule has 1 fully saturated rings. The first-order valence-corrected chi connectivity index (χ1v) is 9.18. The number of anilines is 1. The van der Waals surface area contributed by atoms with Crippen LogP contribution < -0.4 is 11.3 Å². The van der Waals surface area contributed by atoms with Gasteiger partial charge in [0.2, 0.25) is 0 Å². The number of nitriles is 1. The van der Waals surface area contributed by atoms with Crippen LogP contribution in [0.4, 0.5) is 5.82 Å². The molecular weight excluding hydrogens is 369 g/mol. The molecule has 3 atom stereocenters. The zero-order valence-corrected chi connectivity index (χ0v) is 15.8. The summed E-state index contributed by atoms with van der Waals surface area (Å²) in [5.74, 6) is -0.157. The lowest BCUT2D eigenvalue weighted by atomic mass is 9.97. The maximum absolute atomic E-state index is 12.2. The average Bonchev–Trinajstić information content (AvgIpc) is 3.23. The molecule has 0 spiro atoms. The maximum Gasteiger partial charge on any atom is 0.338 e. The Balaban J connectivity index is 1.55. The lowest BCUT2D eigenvalue weighted by Crippen LogP contribution is -2.27. The SMILES string of the molecule is [B]c1c(C#N)c2c(N)ncnc2n1C1OC(COC(=O)c2ccccc2)CC1C. The Morgan fingerprint density at radius 2 is 2.17 bits per heavy atom. The predicted octanol–water partition coefficient (Wildman–Crippen LogP) is 1.46. The molecule has 2 radical (unpaired) electrons. The van der Waals surface area contributed by atoms with Gasteiger partial charge in [-0.3, -0.25) is 0 Å². The highest BCUT2D eigenvalue weighted by Crippen LogP contribution is 2.36. The molecule has 1 saturated heterocycles. The van der Waals surface area contributed by atoms with Gasteiger partial charge in [-0.15, -0.1) is 0 Å². The molecule has 3 heterocycles. The van der Waals surface area contributed by atoms with Crippen LogP contribution >= 0.6 is 0 Å². The summed E-state index contributed by atoms with van der Waals surface area (Å²) in [6.07, 6.45) is 1.22. The summed E-state index contributed by atoms with van der Waals surface area (Å²) >= 11 is 0. The number of hydrogen-bond acceptors (Lipinski definition) is 7. The second-order valence-corrected chi connectivity index (χ2v) is 7.03. The van der Waals surface area contributed by atoms with Crippen molar-refractivity contribution in [3.05, 3.63) is 47.8 Å². The molecular formula is C20H18BN5O3. The summed E-state index contributed by atoms with van der Waals surface area (Å²) in [5, 5.41) is 9.93. The van der Waals surface area contributed by atoms with E-state index in [1.165, 1.54) is 6.33 Å². The van der Waals surface area contributed by atoms with E-state index in [2.05, 4.69) is 16.0 Å². The highest BCUT2D eigenvalue weighted by molar-refractivity contribution is 6.35. The van der Waals surface area contributed by atoms with Gasteiger partial charge in [-0.1, -0.05) is 25.1 Å². The van der Waals surface area contributed by atoms with Crippen LogP contribution in [-0.4, -0.2) is 41.1 Å². The van der Waals surface area contributed by atoms with Crippen molar-refractivity contribution in [2.24, 2.45) is 5.92 Å². The number of aromatic nitrogens is 3. The van der Waals surface area contributed by atoms with Crippen molar-refractivity contribution in [3.63, 3.8) is 0 Å². The van der Waals surface area contributed by atoms with Gasteiger partial charge in [0.05, 0.1) is 22.6 Å². The largest absolute Gasteiger partial charge is 0.459 e. The van der Waals surface area contributed by atoms with Crippen molar-refractivity contribution in [1.82, 2.24) is 14.5 Å². The highest BCUT2D eigenvalue weighted by Gasteiger charge is 2.36. The molecule has 0 aliphatic carbocycles. The number of nitrogen functional groups attached to an aromatic ring is 1. The number of carbonyl (C=O) groups is 1. The molecule has 3 aromatic rings. The average molecular weight is 387 g/mol. The number of hydrogen-bond donors (Lipinski definition) is 1. The number of ether oxygens (including phenoxy) is 2. The number of nitrogens with two attached hydrogens (primary N) is 1.